The zero-order valence-corrected chi connectivity index (χ0v) is 14.5. The van der Waals surface area contributed by atoms with Crippen LogP contribution >= 0.6 is 11.8 Å². The summed E-state index contributed by atoms with van der Waals surface area (Å²) in [5.41, 5.74) is 3.23. The molecule has 3 aromatic rings. The van der Waals surface area contributed by atoms with Gasteiger partial charge in [0, 0.05) is 24.5 Å². The van der Waals surface area contributed by atoms with Crippen molar-refractivity contribution >= 4 is 23.1 Å². The molecule has 0 unspecified atom stereocenters. The van der Waals surface area contributed by atoms with Crippen molar-refractivity contribution in [2.75, 3.05) is 6.26 Å². The molecule has 0 aromatic carbocycles. The second-order valence-electron chi connectivity index (χ2n) is 6.26. The average Bonchev–Trinajstić information content (AvgIpc) is 3.05. The largest absolute Gasteiger partial charge is 0.314 e. The minimum absolute atomic E-state index is 0.705. The van der Waals surface area contributed by atoms with E-state index in [2.05, 4.69) is 24.5 Å². The van der Waals surface area contributed by atoms with Crippen LogP contribution in [0.2, 0.25) is 0 Å². The molecule has 4 rings (SSSR count). The standard InChI is InChI=1S/C17H20N6S/c1-24-17-19-7-13(8-20-17)14-9-18-15-16(22-14)23(11-21-15)10-12-5-3-2-4-6-12/h7-9,11-12H,2-6,10H2,1H3. The highest BCUT2D eigenvalue weighted by molar-refractivity contribution is 7.98. The summed E-state index contributed by atoms with van der Waals surface area (Å²) in [6, 6.07) is 0. The van der Waals surface area contributed by atoms with E-state index in [0.29, 0.717) is 5.65 Å². The lowest BCUT2D eigenvalue weighted by Gasteiger charge is -2.21. The Bertz CT molecular complexity index is 823. The summed E-state index contributed by atoms with van der Waals surface area (Å²) >= 11 is 1.53. The van der Waals surface area contributed by atoms with Crippen molar-refractivity contribution in [1.29, 1.82) is 0 Å². The van der Waals surface area contributed by atoms with Gasteiger partial charge in [-0.2, -0.15) is 0 Å². The maximum atomic E-state index is 4.78. The Morgan fingerprint density at radius 3 is 2.58 bits per heavy atom. The van der Waals surface area contributed by atoms with E-state index >= 15 is 0 Å². The van der Waals surface area contributed by atoms with Crippen molar-refractivity contribution in [2.24, 2.45) is 5.92 Å². The third-order valence-corrected chi connectivity index (χ3v) is 5.19. The van der Waals surface area contributed by atoms with Gasteiger partial charge in [-0.15, -0.1) is 0 Å². The highest BCUT2D eigenvalue weighted by atomic mass is 32.2. The van der Waals surface area contributed by atoms with Crippen LogP contribution in [0.4, 0.5) is 0 Å². The van der Waals surface area contributed by atoms with Crippen molar-refractivity contribution in [1.82, 2.24) is 29.5 Å². The zero-order valence-electron chi connectivity index (χ0n) is 13.7. The van der Waals surface area contributed by atoms with Gasteiger partial charge in [-0.05, 0) is 25.0 Å². The van der Waals surface area contributed by atoms with E-state index in [1.165, 1.54) is 43.9 Å². The molecule has 1 aliphatic carbocycles. The number of fused-ring (bicyclic) bond motifs is 1. The minimum Gasteiger partial charge on any atom is -0.314 e. The fourth-order valence-corrected chi connectivity index (χ4v) is 3.63. The fraction of sp³-hybridized carbons (Fsp3) is 0.471. The second-order valence-corrected chi connectivity index (χ2v) is 7.04. The summed E-state index contributed by atoms with van der Waals surface area (Å²) in [4.78, 5) is 22.3. The van der Waals surface area contributed by atoms with Crippen LogP contribution in [0.1, 0.15) is 32.1 Å². The van der Waals surface area contributed by atoms with Crippen LogP contribution in [0.5, 0.6) is 0 Å². The number of nitrogens with zero attached hydrogens (tertiary/aromatic N) is 6. The number of rotatable bonds is 4. The van der Waals surface area contributed by atoms with Gasteiger partial charge >= 0.3 is 0 Å². The Balaban J connectivity index is 1.64. The van der Waals surface area contributed by atoms with Gasteiger partial charge in [-0.3, -0.25) is 0 Å². The van der Waals surface area contributed by atoms with Gasteiger partial charge in [0.25, 0.3) is 0 Å². The molecule has 0 spiro atoms. The van der Waals surface area contributed by atoms with E-state index < -0.39 is 0 Å². The maximum absolute atomic E-state index is 4.78. The third kappa shape index (κ3) is 3.13. The first-order chi connectivity index (χ1) is 11.8. The molecule has 0 radical (unpaired) electrons. The molecule has 7 heteroatoms. The molecule has 124 valence electrons. The predicted molar refractivity (Wildman–Crippen MR) is 94.7 cm³/mol. The molecule has 0 N–H and O–H groups in total. The highest BCUT2D eigenvalue weighted by Gasteiger charge is 2.16. The lowest BCUT2D eigenvalue weighted by atomic mass is 9.89. The second kappa shape index (κ2) is 6.84. The summed E-state index contributed by atoms with van der Waals surface area (Å²) in [6.45, 7) is 0.983. The number of imidazole rings is 1. The number of hydrogen-bond donors (Lipinski definition) is 0. The Labute approximate surface area is 145 Å². The van der Waals surface area contributed by atoms with Gasteiger partial charge in [0.1, 0.15) is 0 Å². The molecule has 3 aromatic heterocycles. The first kappa shape index (κ1) is 15.5. The van der Waals surface area contributed by atoms with E-state index in [1.807, 2.05) is 12.6 Å². The van der Waals surface area contributed by atoms with Crippen LogP contribution in [0.25, 0.3) is 22.6 Å². The Hall–Kier alpha value is -2.02. The van der Waals surface area contributed by atoms with Gasteiger partial charge in [0.05, 0.1) is 18.2 Å². The molecule has 6 nitrogen and oxygen atoms in total. The molecule has 3 heterocycles. The third-order valence-electron chi connectivity index (χ3n) is 4.61. The first-order valence-electron chi connectivity index (χ1n) is 8.38. The van der Waals surface area contributed by atoms with Crippen LogP contribution in [0.3, 0.4) is 0 Å². The van der Waals surface area contributed by atoms with E-state index in [-0.39, 0.29) is 0 Å². The SMILES string of the molecule is CSc1ncc(-c2cnc3ncn(CC4CCCCC4)c3n2)cn1. The van der Waals surface area contributed by atoms with Gasteiger partial charge in [0.15, 0.2) is 16.5 Å². The van der Waals surface area contributed by atoms with Gasteiger partial charge in [-0.1, -0.05) is 31.0 Å². The van der Waals surface area contributed by atoms with E-state index in [1.54, 1.807) is 18.6 Å². The van der Waals surface area contributed by atoms with E-state index in [0.717, 1.165) is 34.5 Å². The van der Waals surface area contributed by atoms with Crippen LogP contribution in [-0.4, -0.2) is 35.7 Å². The molecule has 0 atom stereocenters. The van der Waals surface area contributed by atoms with Crippen molar-refractivity contribution in [3.8, 4) is 11.3 Å². The molecule has 0 amide bonds. The Morgan fingerprint density at radius 2 is 1.83 bits per heavy atom. The highest BCUT2D eigenvalue weighted by Crippen LogP contribution is 2.26. The minimum atomic E-state index is 0.705. The lowest BCUT2D eigenvalue weighted by molar-refractivity contribution is 0.321. The smallest absolute Gasteiger partial charge is 0.197 e. The van der Waals surface area contributed by atoms with E-state index in [9.17, 15) is 0 Å². The van der Waals surface area contributed by atoms with Crippen LogP contribution < -0.4 is 0 Å². The average molecular weight is 340 g/mol. The predicted octanol–water partition coefficient (Wildman–Crippen LogP) is 3.59. The normalized spacial score (nSPS) is 15.9. The van der Waals surface area contributed by atoms with E-state index in [4.69, 9.17) is 4.98 Å². The van der Waals surface area contributed by atoms with Crippen molar-refractivity contribution < 1.29 is 0 Å². The Morgan fingerprint density at radius 1 is 1.04 bits per heavy atom. The lowest BCUT2D eigenvalue weighted by Crippen LogP contribution is -2.14. The van der Waals surface area contributed by atoms with Crippen LogP contribution in [0.15, 0.2) is 30.1 Å². The number of aromatic nitrogens is 6. The maximum Gasteiger partial charge on any atom is 0.197 e. The fourth-order valence-electron chi connectivity index (χ4n) is 3.31. The molecular formula is C17H20N6S. The summed E-state index contributed by atoms with van der Waals surface area (Å²) in [7, 11) is 0. The molecule has 24 heavy (non-hydrogen) atoms. The monoisotopic (exact) mass is 340 g/mol. The molecule has 0 aliphatic heterocycles. The summed E-state index contributed by atoms with van der Waals surface area (Å²) in [5, 5.41) is 0.759. The van der Waals surface area contributed by atoms with Gasteiger partial charge in [0.2, 0.25) is 0 Å². The van der Waals surface area contributed by atoms with Crippen LogP contribution in [0, 0.1) is 5.92 Å². The Kier molecular flexibility index (Phi) is 4.42. The zero-order chi connectivity index (χ0) is 16.4. The van der Waals surface area contributed by atoms with Crippen LogP contribution in [-0.2, 0) is 6.54 Å². The molecule has 0 saturated heterocycles. The quantitative estimate of drug-likeness (QED) is 0.534. The molecule has 1 fully saturated rings. The number of thioether (sulfide) groups is 1. The first-order valence-corrected chi connectivity index (χ1v) is 9.60. The number of hydrogen-bond acceptors (Lipinski definition) is 6. The molecule has 0 bridgehead atoms. The topological polar surface area (TPSA) is 69.4 Å². The molecular weight excluding hydrogens is 320 g/mol. The summed E-state index contributed by atoms with van der Waals surface area (Å²) in [5.74, 6) is 0.728. The summed E-state index contributed by atoms with van der Waals surface area (Å²) in [6.07, 6.45) is 15.8. The molecule has 1 aliphatic rings. The van der Waals surface area contributed by atoms with Gasteiger partial charge in [-0.25, -0.2) is 24.9 Å². The summed E-state index contributed by atoms with van der Waals surface area (Å²) < 4.78 is 2.15. The molecule has 1 saturated carbocycles. The van der Waals surface area contributed by atoms with Crippen molar-refractivity contribution in [2.45, 2.75) is 43.8 Å². The van der Waals surface area contributed by atoms with Crippen molar-refractivity contribution in [3.63, 3.8) is 0 Å². The van der Waals surface area contributed by atoms with Crippen molar-refractivity contribution in [3.05, 3.63) is 24.9 Å². The van der Waals surface area contributed by atoms with Gasteiger partial charge < -0.3 is 4.57 Å².